The lowest BCUT2D eigenvalue weighted by molar-refractivity contribution is -0.119. The standard InChI is InChI=1S/C9H13N3O3S/c1-4(2)6(7(10)13)12-9-11-3-5(16-9)8(14)15/h3-4,6H,1-2H3,(H2,10,13)(H,11,12)(H,14,15). The number of carboxylic acid groups (broad SMARTS) is 1. The van der Waals surface area contributed by atoms with E-state index in [2.05, 4.69) is 10.3 Å². The highest BCUT2D eigenvalue weighted by Crippen LogP contribution is 2.20. The van der Waals surface area contributed by atoms with E-state index >= 15 is 0 Å². The van der Waals surface area contributed by atoms with Gasteiger partial charge in [-0.2, -0.15) is 0 Å². The molecule has 0 saturated heterocycles. The molecule has 0 saturated carbocycles. The molecule has 1 heterocycles. The molecule has 1 aromatic heterocycles. The van der Waals surface area contributed by atoms with Crippen molar-refractivity contribution in [2.24, 2.45) is 11.7 Å². The molecule has 0 aliphatic rings. The molecule has 0 aromatic carbocycles. The van der Waals surface area contributed by atoms with Gasteiger partial charge in [-0.1, -0.05) is 25.2 Å². The van der Waals surface area contributed by atoms with Crippen molar-refractivity contribution in [3.8, 4) is 0 Å². The molecule has 1 rings (SSSR count). The van der Waals surface area contributed by atoms with Crippen LogP contribution >= 0.6 is 11.3 Å². The molecule has 0 aliphatic heterocycles. The number of aromatic nitrogens is 1. The zero-order chi connectivity index (χ0) is 12.3. The second-order valence-electron chi connectivity index (χ2n) is 3.60. The minimum Gasteiger partial charge on any atom is -0.477 e. The van der Waals surface area contributed by atoms with Crippen LogP contribution in [0.3, 0.4) is 0 Å². The summed E-state index contributed by atoms with van der Waals surface area (Å²) in [5, 5.41) is 11.9. The van der Waals surface area contributed by atoms with E-state index in [1.165, 1.54) is 6.20 Å². The van der Waals surface area contributed by atoms with E-state index in [1.807, 2.05) is 13.8 Å². The van der Waals surface area contributed by atoms with Crippen LogP contribution in [0.5, 0.6) is 0 Å². The molecule has 0 aliphatic carbocycles. The molecule has 1 aromatic rings. The fraction of sp³-hybridized carbons (Fsp3) is 0.444. The summed E-state index contributed by atoms with van der Waals surface area (Å²) in [5.41, 5.74) is 5.21. The molecule has 0 fully saturated rings. The third-order valence-corrected chi connectivity index (χ3v) is 2.89. The monoisotopic (exact) mass is 243 g/mol. The van der Waals surface area contributed by atoms with E-state index in [0.29, 0.717) is 5.13 Å². The van der Waals surface area contributed by atoms with Gasteiger partial charge in [0.25, 0.3) is 0 Å². The second-order valence-corrected chi connectivity index (χ2v) is 4.63. The Morgan fingerprint density at radius 1 is 1.56 bits per heavy atom. The Balaban J connectivity index is 2.78. The van der Waals surface area contributed by atoms with Crippen LogP contribution in [-0.2, 0) is 4.79 Å². The Kier molecular flexibility index (Phi) is 3.83. The van der Waals surface area contributed by atoms with Crippen molar-refractivity contribution in [3.05, 3.63) is 11.1 Å². The smallest absolute Gasteiger partial charge is 0.347 e. The van der Waals surface area contributed by atoms with Crippen molar-refractivity contribution < 1.29 is 14.7 Å². The first-order valence-corrected chi connectivity index (χ1v) is 5.48. The number of nitrogens with zero attached hydrogens (tertiary/aromatic N) is 1. The maximum Gasteiger partial charge on any atom is 0.347 e. The summed E-state index contributed by atoms with van der Waals surface area (Å²) in [6.45, 7) is 3.68. The predicted molar refractivity (Wildman–Crippen MR) is 60.5 cm³/mol. The number of thiazole rings is 1. The number of amides is 1. The Labute approximate surface area is 96.5 Å². The minimum absolute atomic E-state index is 0.00896. The molecule has 1 amide bonds. The van der Waals surface area contributed by atoms with Crippen molar-refractivity contribution in [2.45, 2.75) is 19.9 Å². The van der Waals surface area contributed by atoms with Crippen molar-refractivity contribution in [1.82, 2.24) is 4.98 Å². The van der Waals surface area contributed by atoms with E-state index in [1.54, 1.807) is 0 Å². The summed E-state index contributed by atoms with van der Waals surface area (Å²) >= 11 is 0.975. The predicted octanol–water partition coefficient (Wildman–Crippen LogP) is 0.763. The summed E-state index contributed by atoms with van der Waals surface area (Å²) in [7, 11) is 0. The Morgan fingerprint density at radius 2 is 2.19 bits per heavy atom. The first-order chi connectivity index (χ1) is 7.41. The first kappa shape index (κ1) is 12.4. The maximum absolute atomic E-state index is 11.1. The highest BCUT2D eigenvalue weighted by molar-refractivity contribution is 7.17. The third-order valence-electron chi connectivity index (χ3n) is 1.97. The number of rotatable bonds is 5. The van der Waals surface area contributed by atoms with Crippen LogP contribution in [0.4, 0.5) is 5.13 Å². The number of nitrogens with one attached hydrogen (secondary N) is 1. The number of carbonyl (C=O) groups excluding carboxylic acids is 1. The number of anilines is 1. The summed E-state index contributed by atoms with van der Waals surface area (Å²) in [4.78, 5) is 25.7. The number of hydrogen-bond acceptors (Lipinski definition) is 5. The number of nitrogens with two attached hydrogens (primary N) is 1. The highest BCUT2D eigenvalue weighted by Gasteiger charge is 2.20. The van der Waals surface area contributed by atoms with Crippen molar-refractivity contribution in [3.63, 3.8) is 0 Å². The number of aromatic carboxylic acids is 1. The quantitative estimate of drug-likeness (QED) is 0.708. The van der Waals surface area contributed by atoms with E-state index in [-0.39, 0.29) is 10.8 Å². The summed E-state index contributed by atoms with van der Waals surface area (Å²) in [6, 6.07) is -0.548. The molecule has 4 N–H and O–H groups in total. The Bertz CT molecular complexity index is 402. The molecule has 0 bridgehead atoms. The van der Waals surface area contributed by atoms with Gasteiger partial charge in [-0.15, -0.1) is 0 Å². The molecule has 7 heteroatoms. The molecular weight excluding hydrogens is 230 g/mol. The van der Waals surface area contributed by atoms with Gasteiger partial charge in [-0.3, -0.25) is 4.79 Å². The molecule has 1 unspecified atom stereocenters. The van der Waals surface area contributed by atoms with Crippen LogP contribution in [0.2, 0.25) is 0 Å². The lowest BCUT2D eigenvalue weighted by Gasteiger charge is -2.17. The van der Waals surface area contributed by atoms with Crippen molar-refractivity contribution in [1.29, 1.82) is 0 Å². The van der Waals surface area contributed by atoms with Gasteiger partial charge in [0.15, 0.2) is 5.13 Å². The maximum atomic E-state index is 11.1. The molecule has 0 radical (unpaired) electrons. The lowest BCUT2D eigenvalue weighted by atomic mass is 10.0. The molecule has 6 nitrogen and oxygen atoms in total. The number of primary amides is 1. The van der Waals surface area contributed by atoms with Gasteiger partial charge in [0.2, 0.25) is 5.91 Å². The van der Waals surface area contributed by atoms with Crippen LogP contribution in [0.1, 0.15) is 23.5 Å². The van der Waals surface area contributed by atoms with E-state index in [4.69, 9.17) is 10.8 Å². The van der Waals surface area contributed by atoms with Gasteiger partial charge in [-0.05, 0) is 5.92 Å². The van der Waals surface area contributed by atoms with Gasteiger partial charge in [0.1, 0.15) is 10.9 Å². The lowest BCUT2D eigenvalue weighted by Crippen LogP contribution is -2.39. The second kappa shape index (κ2) is 4.93. The number of carboxylic acids is 1. The highest BCUT2D eigenvalue weighted by atomic mass is 32.1. The zero-order valence-corrected chi connectivity index (χ0v) is 9.75. The normalized spacial score (nSPS) is 12.4. The average Bonchev–Trinajstić information content (AvgIpc) is 2.61. The zero-order valence-electron chi connectivity index (χ0n) is 8.93. The van der Waals surface area contributed by atoms with Gasteiger partial charge in [0, 0.05) is 0 Å². The number of hydrogen-bond donors (Lipinski definition) is 3. The number of carbonyl (C=O) groups is 2. The van der Waals surface area contributed by atoms with Gasteiger partial charge < -0.3 is 16.2 Å². The molecule has 1 atom stereocenters. The molecule has 88 valence electrons. The minimum atomic E-state index is -1.04. The van der Waals surface area contributed by atoms with Gasteiger partial charge in [-0.25, -0.2) is 9.78 Å². The van der Waals surface area contributed by atoms with E-state index in [9.17, 15) is 9.59 Å². The SMILES string of the molecule is CC(C)C(Nc1ncc(C(=O)O)s1)C(N)=O. The first-order valence-electron chi connectivity index (χ1n) is 4.66. The summed E-state index contributed by atoms with van der Waals surface area (Å²) in [6.07, 6.45) is 1.24. The van der Waals surface area contributed by atoms with Gasteiger partial charge in [0.05, 0.1) is 6.20 Å². The Morgan fingerprint density at radius 3 is 2.56 bits per heavy atom. The summed E-state index contributed by atoms with van der Waals surface area (Å²) in [5.74, 6) is -1.51. The van der Waals surface area contributed by atoms with E-state index in [0.717, 1.165) is 11.3 Å². The van der Waals surface area contributed by atoms with Crippen LogP contribution in [0, 0.1) is 5.92 Å². The van der Waals surface area contributed by atoms with Crippen LogP contribution in [-0.4, -0.2) is 28.0 Å². The fourth-order valence-corrected chi connectivity index (χ4v) is 1.83. The van der Waals surface area contributed by atoms with Crippen LogP contribution in [0.25, 0.3) is 0 Å². The summed E-state index contributed by atoms with van der Waals surface area (Å²) < 4.78 is 0. The van der Waals surface area contributed by atoms with E-state index < -0.39 is 17.9 Å². The topological polar surface area (TPSA) is 105 Å². The van der Waals surface area contributed by atoms with Crippen molar-refractivity contribution in [2.75, 3.05) is 5.32 Å². The van der Waals surface area contributed by atoms with Crippen LogP contribution in [0.15, 0.2) is 6.20 Å². The molecular formula is C9H13N3O3S. The van der Waals surface area contributed by atoms with Crippen molar-refractivity contribution >= 4 is 28.3 Å². The molecule has 16 heavy (non-hydrogen) atoms. The average molecular weight is 243 g/mol. The van der Waals surface area contributed by atoms with Gasteiger partial charge >= 0.3 is 5.97 Å². The molecule has 0 spiro atoms. The third kappa shape index (κ3) is 2.93. The fourth-order valence-electron chi connectivity index (χ4n) is 1.14. The van der Waals surface area contributed by atoms with Crippen LogP contribution < -0.4 is 11.1 Å². The Hall–Kier alpha value is -1.63. The largest absolute Gasteiger partial charge is 0.477 e.